The van der Waals surface area contributed by atoms with Crippen LogP contribution in [0.15, 0.2) is 48.7 Å². The maximum Gasteiger partial charge on any atom is 0.325 e. The zero-order valence-electron chi connectivity index (χ0n) is 14.9. The minimum Gasteiger partial charge on any atom is -0.358 e. The number of rotatable bonds is 4. The minimum atomic E-state index is -1.28. The van der Waals surface area contributed by atoms with Crippen molar-refractivity contribution in [3.63, 3.8) is 0 Å². The molecule has 0 radical (unpaired) electrons. The summed E-state index contributed by atoms with van der Waals surface area (Å²) in [4.78, 5) is 46.6. The molecule has 0 bridgehead atoms. The predicted molar refractivity (Wildman–Crippen MR) is 99.2 cm³/mol. The predicted octanol–water partition coefficient (Wildman–Crippen LogP) is 2.52. The van der Waals surface area contributed by atoms with Gasteiger partial charge in [-0.2, -0.15) is 0 Å². The fourth-order valence-corrected chi connectivity index (χ4v) is 3.53. The van der Waals surface area contributed by atoms with Gasteiger partial charge in [0.1, 0.15) is 0 Å². The minimum absolute atomic E-state index is 0.293. The molecule has 0 aliphatic carbocycles. The van der Waals surface area contributed by atoms with Crippen LogP contribution in [0.4, 0.5) is 4.79 Å². The van der Waals surface area contributed by atoms with Gasteiger partial charge in [0.15, 0.2) is 11.3 Å². The van der Waals surface area contributed by atoms with E-state index in [9.17, 15) is 14.4 Å². The number of imide groups is 1. The van der Waals surface area contributed by atoms with E-state index in [4.69, 9.17) is 0 Å². The number of nitrogens with one attached hydrogen (secondary N) is 2. The number of hydrogen-bond donors (Lipinski definition) is 2. The van der Waals surface area contributed by atoms with E-state index in [2.05, 4.69) is 15.3 Å². The van der Waals surface area contributed by atoms with Gasteiger partial charge in [0.05, 0.1) is 12.2 Å². The zero-order chi connectivity index (χ0) is 19.2. The van der Waals surface area contributed by atoms with Gasteiger partial charge < -0.3 is 10.3 Å². The molecule has 1 fully saturated rings. The van der Waals surface area contributed by atoms with Crippen LogP contribution in [0, 0.1) is 6.92 Å². The molecule has 2 N–H and O–H groups in total. The van der Waals surface area contributed by atoms with Gasteiger partial charge in [-0.3, -0.25) is 19.5 Å². The molecule has 0 spiro atoms. The fourth-order valence-electron chi connectivity index (χ4n) is 3.53. The number of amides is 3. The van der Waals surface area contributed by atoms with Crippen molar-refractivity contribution < 1.29 is 14.4 Å². The molecule has 2 aromatic heterocycles. The number of aryl methyl sites for hydroxylation is 1. The topological polar surface area (TPSA) is 95.2 Å². The Morgan fingerprint density at radius 1 is 1.15 bits per heavy atom. The molecular formula is C20H18N4O3. The molecule has 7 heteroatoms. The highest BCUT2D eigenvalue weighted by molar-refractivity contribution is 6.15. The number of Topliss-reactive ketones (excluding diaryl/α,β-unsaturated/α-hetero) is 1. The van der Waals surface area contributed by atoms with E-state index >= 15 is 0 Å². The molecule has 1 atom stereocenters. The van der Waals surface area contributed by atoms with Crippen LogP contribution in [0.3, 0.4) is 0 Å². The van der Waals surface area contributed by atoms with Crippen molar-refractivity contribution in [2.24, 2.45) is 0 Å². The lowest BCUT2D eigenvalue weighted by atomic mass is 9.97. The highest BCUT2D eigenvalue weighted by Crippen LogP contribution is 2.28. The summed E-state index contributed by atoms with van der Waals surface area (Å²) in [6.45, 7) is 3.07. The van der Waals surface area contributed by atoms with Crippen LogP contribution in [-0.4, -0.2) is 39.1 Å². The van der Waals surface area contributed by atoms with E-state index < -0.39 is 17.5 Å². The van der Waals surface area contributed by atoms with Crippen LogP contribution < -0.4 is 5.32 Å². The first-order chi connectivity index (χ1) is 12.9. The van der Waals surface area contributed by atoms with Crippen molar-refractivity contribution in [1.29, 1.82) is 0 Å². The van der Waals surface area contributed by atoms with Gasteiger partial charge >= 0.3 is 6.03 Å². The molecule has 136 valence electrons. The summed E-state index contributed by atoms with van der Waals surface area (Å²) in [5.74, 6) is -0.782. The number of pyridine rings is 1. The molecule has 3 amide bonds. The molecule has 1 unspecified atom stereocenters. The Bertz CT molecular complexity index is 1070. The molecule has 1 aliphatic heterocycles. The standard InChI is InChI=1S/C20H18N4O3/c1-12-17(13-7-3-4-8-14(13)22-12)15(25)11-24-18(26)20(2,23-19(24)27)16-9-5-6-10-21-16/h3-10,22H,11H2,1-2H3,(H,23,27). The molecule has 0 saturated carbocycles. The molecule has 1 aromatic carbocycles. The molecule has 1 saturated heterocycles. The number of ketones is 1. The average molecular weight is 362 g/mol. The summed E-state index contributed by atoms with van der Waals surface area (Å²) in [5.41, 5.74) is 1.20. The largest absolute Gasteiger partial charge is 0.358 e. The van der Waals surface area contributed by atoms with Gasteiger partial charge in [0, 0.05) is 28.4 Å². The first-order valence-electron chi connectivity index (χ1n) is 8.58. The van der Waals surface area contributed by atoms with Crippen molar-refractivity contribution in [1.82, 2.24) is 20.2 Å². The van der Waals surface area contributed by atoms with Gasteiger partial charge in [-0.25, -0.2) is 4.79 Å². The maximum absolute atomic E-state index is 12.9. The van der Waals surface area contributed by atoms with Crippen molar-refractivity contribution in [2.45, 2.75) is 19.4 Å². The Balaban J connectivity index is 1.65. The number of urea groups is 1. The number of hydrogen-bond acceptors (Lipinski definition) is 4. The Morgan fingerprint density at radius 3 is 2.63 bits per heavy atom. The summed E-state index contributed by atoms with van der Waals surface area (Å²) in [6, 6.07) is 12.0. The lowest BCUT2D eigenvalue weighted by molar-refractivity contribution is -0.130. The molecule has 27 heavy (non-hydrogen) atoms. The highest BCUT2D eigenvalue weighted by Gasteiger charge is 2.50. The van der Waals surface area contributed by atoms with Crippen molar-refractivity contribution in [3.05, 3.63) is 65.6 Å². The number of carbonyl (C=O) groups is 3. The zero-order valence-corrected chi connectivity index (χ0v) is 14.9. The van der Waals surface area contributed by atoms with E-state index in [1.807, 2.05) is 24.3 Å². The van der Waals surface area contributed by atoms with E-state index in [0.29, 0.717) is 17.0 Å². The highest BCUT2D eigenvalue weighted by atomic mass is 16.2. The summed E-state index contributed by atoms with van der Waals surface area (Å²) < 4.78 is 0. The number of carbonyl (C=O) groups excluding carboxylic acids is 3. The number of aromatic amines is 1. The number of fused-ring (bicyclic) bond motifs is 1. The van der Waals surface area contributed by atoms with E-state index in [0.717, 1.165) is 15.8 Å². The molecule has 4 rings (SSSR count). The molecule has 1 aliphatic rings. The van der Waals surface area contributed by atoms with Gasteiger partial charge in [0.2, 0.25) is 0 Å². The van der Waals surface area contributed by atoms with Crippen LogP contribution in [0.5, 0.6) is 0 Å². The van der Waals surface area contributed by atoms with Crippen LogP contribution in [0.2, 0.25) is 0 Å². The lowest BCUT2D eigenvalue weighted by Gasteiger charge is -2.20. The second-order valence-electron chi connectivity index (χ2n) is 6.76. The third-order valence-corrected chi connectivity index (χ3v) is 4.93. The lowest BCUT2D eigenvalue weighted by Crippen LogP contribution is -2.42. The SMILES string of the molecule is Cc1[nH]c2ccccc2c1C(=O)CN1C(=O)NC(C)(c2ccccn2)C1=O. The number of H-pyrrole nitrogens is 1. The van der Waals surface area contributed by atoms with Crippen LogP contribution in [0.1, 0.15) is 28.7 Å². The molecule has 7 nitrogen and oxygen atoms in total. The van der Waals surface area contributed by atoms with E-state index in [-0.39, 0.29) is 12.3 Å². The monoisotopic (exact) mass is 362 g/mol. The second kappa shape index (κ2) is 6.05. The Labute approximate surface area is 155 Å². The fraction of sp³-hybridized carbons (Fsp3) is 0.200. The van der Waals surface area contributed by atoms with Gasteiger partial charge in [-0.15, -0.1) is 0 Å². The van der Waals surface area contributed by atoms with Crippen LogP contribution in [-0.2, 0) is 10.3 Å². The number of aromatic nitrogens is 2. The molecule has 3 heterocycles. The third-order valence-electron chi connectivity index (χ3n) is 4.93. The quantitative estimate of drug-likeness (QED) is 0.551. The summed E-state index contributed by atoms with van der Waals surface area (Å²) in [5, 5.41) is 3.44. The third kappa shape index (κ3) is 2.59. The first kappa shape index (κ1) is 17.0. The van der Waals surface area contributed by atoms with E-state index in [1.54, 1.807) is 38.2 Å². The van der Waals surface area contributed by atoms with E-state index in [1.165, 1.54) is 0 Å². The normalized spacial score (nSPS) is 19.6. The van der Waals surface area contributed by atoms with Crippen LogP contribution in [0.25, 0.3) is 10.9 Å². The first-order valence-corrected chi connectivity index (χ1v) is 8.58. The Morgan fingerprint density at radius 2 is 1.89 bits per heavy atom. The van der Waals surface area contributed by atoms with Crippen molar-refractivity contribution in [3.8, 4) is 0 Å². The maximum atomic E-state index is 12.9. The molecular weight excluding hydrogens is 344 g/mol. The van der Waals surface area contributed by atoms with Crippen molar-refractivity contribution in [2.75, 3.05) is 6.54 Å². The van der Waals surface area contributed by atoms with Gasteiger partial charge in [-0.1, -0.05) is 24.3 Å². The Kier molecular flexibility index (Phi) is 3.80. The van der Waals surface area contributed by atoms with Crippen LogP contribution >= 0.6 is 0 Å². The van der Waals surface area contributed by atoms with Gasteiger partial charge in [-0.05, 0) is 32.0 Å². The number of nitrogens with zero attached hydrogens (tertiary/aromatic N) is 2. The number of benzene rings is 1. The summed E-state index contributed by atoms with van der Waals surface area (Å²) in [7, 11) is 0. The second-order valence-corrected chi connectivity index (χ2v) is 6.76. The van der Waals surface area contributed by atoms with Crippen molar-refractivity contribution >= 4 is 28.6 Å². The summed E-state index contributed by atoms with van der Waals surface area (Å²) >= 11 is 0. The van der Waals surface area contributed by atoms with Gasteiger partial charge in [0.25, 0.3) is 5.91 Å². The number of para-hydroxylation sites is 1. The smallest absolute Gasteiger partial charge is 0.325 e. The summed E-state index contributed by atoms with van der Waals surface area (Å²) in [6.07, 6.45) is 1.56. The average Bonchev–Trinajstić information content (AvgIpc) is 3.11. The Hall–Kier alpha value is -3.48. The molecule has 3 aromatic rings.